The van der Waals surface area contributed by atoms with E-state index in [0.717, 1.165) is 30.1 Å². The van der Waals surface area contributed by atoms with Crippen molar-refractivity contribution in [1.29, 1.82) is 0 Å². The molecule has 6 heteroatoms. The van der Waals surface area contributed by atoms with E-state index in [-0.39, 0.29) is 5.92 Å². The van der Waals surface area contributed by atoms with Gasteiger partial charge in [0.15, 0.2) is 15.8 Å². The van der Waals surface area contributed by atoms with E-state index in [4.69, 9.17) is 4.99 Å². The Bertz CT molecular complexity index is 589. The van der Waals surface area contributed by atoms with Crippen molar-refractivity contribution in [2.24, 2.45) is 28.7 Å². The maximum atomic E-state index is 11.6. The Balaban J connectivity index is 1.37. The van der Waals surface area contributed by atoms with Crippen LogP contribution in [0.3, 0.4) is 0 Å². The van der Waals surface area contributed by atoms with Crippen molar-refractivity contribution in [1.82, 2.24) is 10.6 Å². The van der Waals surface area contributed by atoms with Gasteiger partial charge in [-0.05, 0) is 55.8 Å². The van der Waals surface area contributed by atoms with Crippen molar-refractivity contribution in [2.45, 2.75) is 57.5 Å². The third kappa shape index (κ3) is 3.67. The monoisotopic (exact) mass is 339 g/mol. The highest BCUT2D eigenvalue weighted by atomic mass is 32.2. The number of guanidine groups is 1. The van der Waals surface area contributed by atoms with Crippen LogP contribution >= 0.6 is 0 Å². The van der Waals surface area contributed by atoms with Gasteiger partial charge >= 0.3 is 0 Å². The third-order valence-electron chi connectivity index (χ3n) is 6.33. The molecule has 2 N–H and O–H groups in total. The molecule has 5 nitrogen and oxygen atoms in total. The minimum atomic E-state index is -2.80. The van der Waals surface area contributed by atoms with Crippen molar-refractivity contribution < 1.29 is 8.42 Å². The third-order valence-corrected chi connectivity index (χ3v) is 8.16. The van der Waals surface area contributed by atoms with E-state index >= 15 is 0 Å². The fourth-order valence-electron chi connectivity index (χ4n) is 4.67. The van der Waals surface area contributed by atoms with Crippen LogP contribution in [0.2, 0.25) is 0 Å². The highest BCUT2D eigenvalue weighted by Crippen LogP contribution is 2.44. The second-order valence-corrected chi connectivity index (χ2v) is 10.6. The summed E-state index contributed by atoms with van der Waals surface area (Å²) in [6, 6.07) is 1.12. The van der Waals surface area contributed by atoms with Gasteiger partial charge in [-0.2, -0.15) is 0 Å². The largest absolute Gasteiger partial charge is 0.353 e. The fraction of sp³-hybridized carbons (Fsp3) is 0.941. The predicted octanol–water partition coefficient (Wildman–Crippen LogP) is 1.55. The molecule has 0 radical (unpaired) electrons. The van der Waals surface area contributed by atoms with E-state index in [0.29, 0.717) is 30.1 Å². The van der Waals surface area contributed by atoms with Crippen molar-refractivity contribution in [2.75, 3.05) is 18.1 Å². The van der Waals surface area contributed by atoms with E-state index in [1.807, 2.05) is 0 Å². The molecule has 130 valence electrons. The summed E-state index contributed by atoms with van der Waals surface area (Å²) in [5, 5.41) is 7.23. The van der Waals surface area contributed by atoms with Crippen molar-refractivity contribution >= 4 is 15.8 Å². The molecule has 23 heavy (non-hydrogen) atoms. The number of aliphatic imine (C=N–C) groups is 1. The smallest absolute Gasteiger partial charge is 0.191 e. The molecule has 6 atom stereocenters. The van der Waals surface area contributed by atoms with Gasteiger partial charge in [0.25, 0.3) is 0 Å². The zero-order chi connectivity index (χ0) is 16.0. The minimum Gasteiger partial charge on any atom is -0.353 e. The number of nitrogens with zero attached hydrogens (tertiary/aromatic N) is 1. The molecule has 1 heterocycles. The molecule has 3 aliphatic carbocycles. The van der Waals surface area contributed by atoms with Crippen LogP contribution < -0.4 is 10.6 Å². The Kier molecular flexibility index (Phi) is 4.06. The van der Waals surface area contributed by atoms with E-state index < -0.39 is 9.84 Å². The van der Waals surface area contributed by atoms with Gasteiger partial charge in [0, 0.05) is 18.6 Å². The first kappa shape index (κ1) is 15.7. The van der Waals surface area contributed by atoms with Crippen LogP contribution in [0.4, 0.5) is 0 Å². The van der Waals surface area contributed by atoms with Gasteiger partial charge < -0.3 is 10.6 Å². The van der Waals surface area contributed by atoms with E-state index in [1.54, 1.807) is 0 Å². The molecule has 0 aromatic carbocycles. The number of hydrogen-bond donors (Lipinski definition) is 2. The Hall–Kier alpha value is -0.780. The first-order chi connectivity index (χ1) is 11.0. The van der Waals surface area contributed by atoms with E-state index in [1.165, 1.54) is 32.1 Å². The molecule has 1 aliphatic heterocycles. The van der Waals surface area contributed by atoms with Crippen LogP contribution in [-0.2, 0) is 9.84 Å². The van der Waals surface area contributed by atoms with Gasteiger partial charge in [0.1, 0.15) is 0 Å². The maximum absolute atomic E-state index is 11.6. The molecule has 3 saturated carbocycles. The molecular formula is C17H29N3O2S. The maximum Gasteiger partial charge on any atom is 0.191 e. The second kappa shape index (κ2) is 5.94. The Morgan fingerprint density at radius 2 is 1.87 bits per heavy atom. The lowest BCUT2D eigenvalue weighted by Crippen LogP contribution is -2.46. The predicted molar refractivity (Wildman–Crippen MR) is 92.1 cm³/mol. The van der Waals surface area contributed by atoms with E-state index in [9.17, 15) is 8.42 Å². The highest BCUT2D eigenvalue weighted by molar-refractivity contribution is 7.91. The zero-order valence-corrected chi connectivity index (χ0v) is 14.8. The molecule has 0 spiro atoms. The molecule has 0 aromatic rings. The van der Waals surface area contributed by atoms with Crippen LogP contribution in [-0.4, -0.2) is 44.5 Å². The summed E-state index contributed by atoms with van der Waals surface area (Å²) in [5.74, 6) is 4.26. The summed E-state index contributed by atoms with van der Waals surface area (Å²) in [5.41, 5.74) is 0. The Morgan fingerprint density at radius 3 is 2.43 bits per heavy atom. The molecule has 1 saturated heterocycles. The van der Waals surface area contributed by atoms with Crippen LogP contribution in [0.25, 0.3) is 0 Å². The lowest BCUT2D eigenvalue weighted by Gasteiger charge is -2.25. The van der Waals surface area contributed by atoms with E-state index in [2.05, 4.69) is 17.6 Å². The van der Waals surface area contributed by atoms with Crippen molar-refractivity contribution in [3.63, 3.8) is 0 Å². The van der Waals surface area contributed by atoms with Gasteiger partial charge in [0.2, 0.25) is 0 Å². The molecule has 0 amide bonds. The first-order valence-electron chi connectivity index (χ1n) is 9.26. The molecule has 2 bridgehead atoms. The first-order valence-corrected chi connectivity index (χ1v) is 11.1. The van der Waals surface area contributed by atoms with Gasteiger partial charge in [-0.1, -0.05) is 13.3 Å². The fourth-order valence-corrected chi connectivity index (χ4v) is 6.51. The Labute approximate surface area is 139 Å². The Morgan fingerprint density at radius 1 is 1.09 bits per heavy atom. The number of fused-ring (bicyclic) bond motifs is 2. The summed E-state index contributed by atoms with van der Waals surface area (Å²) >= 11 is 0. The van der Waals surface area contributed by atoms with Crippen molar-refractivity contribution in [3.05, 3.63) is 0 Å². The van der Waals surface area contributed by atoms with Crippen LogP contribution in [0.5, 0.6) is 0 Å². The average molecular weight is 340 g/mol. The van der Waals surface area contributed by atoms with Gasteiger partial charge in [-0.15, -0.1) is 0 Å². The lowest BCUT2D eigenvalue weighted by molar-refractivity contribution is 0.386. The standard InChI is InChI=1S/C17H29N3O2S/c1-11-6-15(11)19-17(18-9-13-4-5-23(21,22)10-13)20-16-8-12-2-3-14(16)7-12/h11-16H,2-10H2,1H3,(H2,18,19,20). The summed E-state index contributed by atoms with van der Waals surface area (Å²) in [6.45, 7) is 2.90. The van der Waals surface area contributed by atoms with Gasteiger partial charge in [-0.25, -0.2) is 8.42 Å². The lowest BCUT2D eigenvalue weighted by atomic mass is 9.95. The summed E-state index contributed by atoms with van der Waals surface area (Å²) in [7, 11) is -2.80. The van der Waals surface area contributed by atoms with Crippen LogP contribution in [0.1, 0.15) is 45.4 Å². The average Bonchev–Trinajstić information content (AvgIpc) is 2.89. The topological polar surface area (TPSA) is 70.6 Å². The van der Waals surface area contributed by atoms with Crippen molar-refractivity contribution in [3.8, 4) is 0 Å². The molecular weight excluding hydrogens is 310 g/mol. The number of rotatable bonds is 4. The summed E-state index contributed by atoms with van der Waals surface area (Å²) < 4.78 is 23.2. The second-order valence-electron chi connectivity index (χ2n) is 8.35. The normalized spacial score (nSPS) is 44.5. The van der Waals surface area contributed by atoms with Gasteiger partial charge in [0.05, 0.1) is 11.5 Å². The molecule has 4 rings (SSSR count). The molecule has 4 aliphatic rings. The van der Waals surface area contributed by atoms with Crippen LogP contribution in [0.15, 0.2) is 4.99 Å². The molecule has 4 fully saturated rings. The number of sulfone groups is 1. The highest BCUT2D eigenvalue weighted by Gasteiger charge is 2.41. The molecule has 6 unspecified atom stereocenters. The molecule has 0 aromatic heterocycles. The minimum absolute atomic E-state index is 0.204. The number of hydrogen-bond acceptors (Lipinski definition) is 3. The summed E-state index contributed by atoms with van der Waals surface area (Å²) in [4.78, 5) is 4.76. The van der Waals surface area contributed by atoms with Crippen LogP contribution in [0, 0.1) is 23.7 Å². The van der Waals surface area contributed by atoms with Gasteiger partial charge in [-0.3, -0.25) is 4.99 Å². The number of nitrogens with one attached hydrogen (secondary N) is 2. The SMILES string of the molecule is CC1CC1NC(=NCC1CCS(=O)(=O)C1)NC1CC2CCC1C2. The zero-order valence-electron chi connectivity index (χ0n) is 14.0. The summed E-state index contributed by atoms with van der Waals surface area (Å²) in [6.07, 6.45) is 7.41. The quantitative estimate of drug-likeness (QED) is 0.602.